The molecule has 1 N–H and O–H groups in total. The van der Waals surface area contributed by atoms with Gasteiger partial charge in [-0.2, -0.15) is 0 Å². The molecule has 0 atom stereocenters. The molecule has 1 heterocycles. The molecule has 162 valence electrons. The van der Waals surface area contributed by atoms with Crippen LogP contribution in [0.4, 0.5) is 4.39 Å². The van der Waals surface area contributed by atoms with Gasteiger partial charge in [-0.25, -0.2) is 13.8 Å². The fourth-order valence-electron chi connectivity index (χ4n) is 3.34. The van der Waals surface area contributed by atoms with Crippen LogP contribution in [0.1, 0.15) is 10.4 Å². The highest BCUT2D eigenvalue weighted by Gasteiger charge is 2.15. The molecule has 1 amide bonds. The molecule has 0 saturated carbocycles. The number of amides is 1. The van der Waals surface area contributed by atoms with E-state index in [2.05, 4.69) is 4.98 Å². The zero-order valence-corrected chi connectivity index (χ0v) is 17.2. The third kappa shape index (κ3) is 4.15. The molecule has 3 aromatic carbocycles. The second-order valence-corrected chi connectivity index (χ2v) is 7.17. The number of carbonyl (C=O) groups is 1. The number of hydrogen-bond acceptors (Lipinski definition) is 4. The Bertz CT molecular complexity index is 1400. The second kappa shape index (κ2) is 8.89. The van der Waals surface area contributed by atoms with Crippen LogP contribution in [0, 0.1) is 5.82 Å². The van der Waals surface area contributed by atoms with Gasteiger partial charge in [-0.05, 0) is 42.5 Å². The lowest BCUT2D eigenvalue weighted by Crippen LogP contribution is -2.34. The number of H-pyrrole nitrogens is 1. The summed E-state index contributed by atoms with van der Waals surface area (Å²) in [6.07, 6.45) is 0. The van der Waals surface area contributed by atoms with E-state index in [1.165, 1.54) is 35.2 Å². The van der Waals surface area contributed by atoms with Crippen LogP contribution in [0.25, 0.3) is 16.6 Å². The highest BCUT2D eigenvalue weighted by atomic mass is 19.1. The Morgan fingerprint density at radius 1 is 1.03 bits per heavy atom. The van der Waals surface area contributed by atoms with E-state index in [1.54, 1.807) is 49.5 Å². The number of benzene rings is 3. The standard InChI is InChI=1S/C24H20FN3O4/c1-27(13-14-32-21-10-6-5-9-19(21)25)22(29)16-11-12-18-20(15-16)26-24(31)28(23(18)30)17-7-3-2-4-8-17/h2-12,15H,13-14H2,1H3,(H,26,31). The summed E-state index contributed by atoms with van der Waals surface area (Å²) in [5.74, 6) is -0.676. The first-order chi connectivity index (χ1) is 15.5. The maximum Gasteiger partial charge on any atom is 0.333 e. The van der Waals surface area contributed by atoms with Crippen LogP contribution in [0.2, 0.25) is 0 Å². The lowest BCUT2D eigenvalue weighted by atomic mass is 10.1. The third-order valence-corrected chi connectivity index (χ3v) is 5.03. The molecule has 0 radical (unpaired) electrons. The van der Waals surface area contributed by atoms with Gasteiger partial charge in [0.2, 0.25) is 0 Å². The number of ether oxygens (including phenoxy) is 1. The fourth-order valence-corrected chi connectivity index (χ4v) is 3.34. The van der Waals surface area contributed by atoms with Gasteiger partial charge in [0.25, 0.3) is 11.5 Å². The van der Waals surface area contributed by atoms with Gasteiger partial charge in [0.15, 0.2) is 11.6 Å². The number of likely N-dealkylation sites (N-methyl/N-ethyl adjacent to an activating group) is 1. The Kier molecular flexibility index (Phi) is 5.85. The normalized spacial score (nSPS) is 10.8. The van der Waals surface area contributed by atoms with E-state index in [0.717, 1.165) is 4.57 Å². The lowest BCUT2D eigenvalue weighted by molar-refractivity contribution is 0.0773. The maximum absolute atomic E-state index is 13.6. The van der Waals surface area contributed by atoms with Gasteiger partial charge in [0, 0.05) is 12.6 Å². The minimum atomic E-state index is -0.593. The smallest absolute Gasteiger partial charge is 0.333 e. The number of aromatic nitrogens is 2. The predicted octanol–water partition coefficient (Wildman–Crippen LogP) is 2.97. The van der Waals surface area contributed by atoms with Crippen molar-refractivity contribution in [1.82, 2.24) is 14.5 Å². The summed E-state index contributed by atoms with van der Waals surface area (Å²) in [5, 5.41) is 0.288. The Morgan fingerprint density at radius 2 is 1.75 bits per heavy atom. The number of nitrogens with zero attached hydrogens (tertiary/aromatic N) is 2. The number of halogens is 1. The number of fused-ring (bicyclic) bond motifs is 1. The summed E-state index contributed by atoms with van der Waals surface area (Å²) in [5.41, 5.74) is -0.0339. The van der Waals surface area contributed by atoms with Crippen molar-refractivity contribution in [1.29, 1.82) is 0 Å². The van der Waals surface area contributed by atoms with Gasteiger partial charge in [0.05, 0.1) is 23.1 Å². The molecule has 32 heavy (non-hydrogen) atoms. The first-order valence-electron chi connectivity index (χ1n) is 9.93. The third-order valence-electron chi connectivity index (χ3n) is 5.03. The molecular formula is C24H20FN3O4. The number of para-hydroxylation sites is 2. The fraction of sp³-hybridized carbons (Fsp3) is 0.125. The van der Waals surface area contributed by atoms with Crippen molar-refractivity contribution in [3.63, 3.8) is 0 Å². The van der Waals surface area contributed by atoms with E-state index in [9.17, 15) is 18.8 Å². The van der Waals surface area contributed by atoms with Gasteiger partial charge >= 0.3 is 5.69 Å². The Morgan fingerprint density at radius 3 is 2.50 bits per heavy atom. The van der Waals surface area contributed by atoms with Gasteiger partial charge in [0.1, 0.15) is 6.61 Å². The van der Waals surface area contributed by atoms with E-state index >= 15 is 0 Å². The largest absolute Gasteiger partial charge is 0.489 e. The van der Waals surface area contributed by atoms with Crippen molar-refractivity contribution in [2.75, 3.05) is 20.2 Å². The molecule has 0 spiro atoms. The minimum Gasteiger partial charge on any atom is -0.489 e. The van der Waals surface area contributed by atoms with Crippen molar-refractivity contribution >= 4 is 16.8 Å². The quantitative estimate of drug-likeness (QED) is 0.507. The number of aromatic amines is 1. The lowest BCUT2D eigenvalue weighted by Gasteiger charge is -2.18. The molecule has 4 aromatic rings. The summed E-state index contributed by atoms with van der Waals surface area (Å²) in [6.45, 7) is 0.326. The Labute approximate surface area is 182 Å². The molecule has 4 rings (SSSR count). The summed E-state index contributed by atoms with van der Waals surface area (Å²) in [7, 11) is 1.59. The van der Waals surface area contributed by atoms with Crippen LogP contribution < -0.4 is 16.0 Å². The van der Waals surface area contributed by atoms with E-state index in [1.807, 2.05) is 0 Å². The molecule has 0 aliphatic heterocycles. The Balaban J connectivity index is 1.54. The molecule has 1 aromatic heterocycles. The van der Waals surface area contributed by atoms with Crippen LogP contribution in [0.5, 0.6) is 5.75 Å². The molecule has 0 saturated heterocycles. The summed E-state index contributed by atoms with van der Waals surface area (Å²) < 4.78 is 20.1. The zero-order valence-electron chi connectivity index (χ0n) is 17.2. The highest BCUT2D eigenvalue weighted by molar-refractivity contribution is 5.97. The van der Waals surface area contributed by atoms with E-state index in [4.69, 9.17) is 4.74 Å². The molecule has 8 heteroatoms. The number of rotatable bonds is 6. The SMILES string of the molecule is CN(CCOc1ccccc1F)C(=O)c1ccc2c(=O)n(-c3ccccc3)c(=O)[nH]c2c1. The predicted molar refractivity (Wildman–Crippen MR) is 119 cm³/mol. The minimum absolute atomic E-state index is 0.107. The van der Waals surface area contributed by atoms with Gasteiger partial charge in [-0.3, -0.25) is 9.59 Å². The van der Waals surface area contributed by atoms with Gasteiger partial charge in [-0.1, -0.05) is 30.3 Å². The van der Waals surface area contributed by atoms with Crippen molar-refractivity contribution in [2.24, 2.45) is 0 Å². The van der Waals surface area contributed by atoms with Crippen LogP contribution in [0.3, 0.4) is 0 Å². The molecule has 0 bridgehead atoms. The summed E-state index contributed by atoms with van der Waals surface area (Å²) in [6, 6.07) is 19.2. The van der Waals surface area contributed by atoms with Crippen molar-refractivity contribution in [3.05, 3.63) is 105 Å². The van der Waals surface area contributed by atoms with Crippen LogP contribution in [0.15, 0.2) is 82.4 Å². The van der Waals surface area contributed by atoms with Gasteiger partial charge in [-0.15, -0.1) is 0 Å². The molecule has 7 nitrogen and oxygen atoms in total. The zero-order chi connectivity index (χ0) is 22.7. The monoisotopic (exact) mass is 433 g/mol. The number of hydrogen-bond donors (Lipinski definition) is 1. The highest BCUT2D eigenvalue weighted by Crippen LogP contribution is 2.16. The van der Waals surface area contributed by atoms with Gasteiger partial charge < -0.3 is 14.6 Å². The van der Waals surface area contributed by atoms with Crippen molar-refractivity contribution in [3.8, 4) is 11.4 Å². The van der Waals surface area contributed by atoms with Crippen LogP contribution in [-0.4, -0.2) is 40.6 Å². The maximum atomic E-state index is 13.6. The molecule has 0 fully saturated rings. The average Bonchev–Trinajstić information content (AvgIpc) is 2.80. The van der Waals surface area contributed by atoms with Crippen molar-refractivity contribution < 1.29 is 13.9 Å². The van der Waals surface area contributed by atoms with E-state index in [0.29, 0.717) is 11.3 Å². The first kappa shape index (κ1) is 21.0. The summed E-state index contributed by atoms with van der Waals surface area (Å²) >= 11 is 0. The topological polar surface area (TPSA) is 84.4 Å². The van der Waals surface area contributed by atoms with Crippen LogP contribution >= 0.6 is 0 Å². The molecular weight excluding hydrogens is 413 g/mol. The average molecular weight is 433 g/mol. The number of carbonyl (C=O) groups excluding carboxylic acids is 1. The molecule has 0 aliphatic rings. The Hall–Kier alpha value is -4.20. The van der Waals surface area contributed by atoms with E-state index in [-0.39, 0.29) is 35.7 Å². The molecule has 0 unspecified atom stereocenters. The molecule has 0 aliphatic carbocycles. The number of nitrogens with one attached hydrogen (secondary N) is 1. The second-order valence-electron chi connectivity index (χ2n) is 7.17. The first-order valence-corrected chi connectivity index (χ1v) is 9.93. The van der Waals surface area contributed by atoms with Crippen molar-refractivity contribution in [2.45, 2.75) is 0 Å². The summed E-state index contributed by atoms with van der Waals surface area (Å²) in [4.78, 5) is 42.3. The van der Waals surface area contributed by atoms with E-state index < -0.39 is 17.1 Å². The van der Waals surface area contributed by atoms with Crippen LogP contribution in [-0.2, 0) is 0 Å².